The zero-order chi connectivity index (χ0) is 20.5. The number of aromatic hydroxyl groups is 1. The lowest BCUT2D eigenvalue weighted by molar-refractivity contribution is 0.106. The molecule has 0 radical (unpaired) electrons. The summed E-state index contributed by atoms with van der Waals surface area (Å²) in [6, 6.07) is 13.6. The van der Waals surface area contributed by atoms with Crippen LogP contribution in [0.15, 0.2) is 57.1 Å². The number of rotatable bonds is 5. The van der Waals surface area contributed by atoms with E-state index in [0.717, 1.165) is 59.4 Å². The van der Waals surface area contributed by atoms with Crippen LogP contribution >= 0.6 is 15.9 Å². The average Bonchev–Trinajstić information content (AvgIpc) is 3.28. The van der Waals surface area contributed by atoms with Gasteiger partial charge in [-0.25, -0.2) is 4.99 Å². The number of hydrogen-bond donors (Lipinski definition) is 3. The van der Waals surface area contributed by atoms with Gasteiger partial charge in [0.2, 0.25) is 0 Å². The molecule has 3 heterocycles. The van der Waals surface area contributed by atoms with Crippen molar-refractivity contribution in [1.82, 2.24) is 15.2 Å². The first kappa shape index (κ1) is 19.3. The molecule has 0 atom stereocenters. The second-order valence-corrected chi connectivity index (χ2v) is 8.30. The Balaban J connectivity index is 1.46. The van der Waals surface area contributed by atoms with E-state index in [2.05, 4.69) is 36.3 Å². The van der Waals surface area contributed by atoms with Gasteiger partial charge in [0.05, 0.1) is 11.3 Å². The summed E-state index contributed by atoms with van der Waals surface area (Å²) in [4.78, 5) is 15.9. The predicted octanol–water partition coefficient (Wildman–Crippen LogP) is 3.40. The fourth-order valence-electron chi connectivity index (χ4n) is 3.94. The highest BCUT2D eigenvalue weighted by Gasteiger charge is 2.29. The molecule has 7 nitrogen and oxygen atoms in total. The van der Waals surface area contributed by atoms with E-state index in [0.29, 0.717) is 23.6 Å². The number of aliphatic imine (C=N–C) groups is 1. The van der Waals surface area contributed by atoms with E-state index in [1.54, 1.807) is 0 Å². The summed E-state index contributed by atoms with van der Waals surface area (Å²) in [5.74, 6) is 0.0724. The Morgan fingerprint density at radius 1 is 1.17 bits per heavy atom. The van der Waals surface area contributed by atoms with E-state index >= 15 is 0 Å². The molecular weight excluding hydrogens is 446 g/mol. The molecule has 0 bridgehead atoms. The highest BCUT2D eigenvalue weighted by Crippen LogP contribution is 2.36. The Morgan fingerprint density at radius 2 is 2.00 bits per heavy atom. The lowest BCUT2D eigenvalue weighted by atomic mass is 10.0. The van der Waals surface area contributed by atoms with Crippen LogP contribution in [0.2, 0.25) is 0 Å². The first-order chi connectivity index (χ1) is 14.7. The van der Waals surface area contributed by atoms with E-state index in [9.17, 15) is 5.11 Å². The Bertz CT molecular complexity index is 1150. The van der Waals surface area contributed by atoms with Crippen molar-refractivity contribution >= 4 is 43.9 Å². The Hall–Kier alpha value is -2.68. The fourth-order valence-corrected chi connectivity index (χ4v) is 4.30. The van der Waals surface area contributed by atoms with E-state index in [1.807, 2.05) is 42.5 Å². The number of benzene rings is 2. The Kier molecular flexibility index (Phi) is 5.28. The first-order valence-corrected chi connectivity index (χ1v) is 10.8. The van der Waals surface area contributed by atoms with Crippen LogP contribution in [0.4, 0.5) is 5.69 Å². The maximum atomic E-state index is 10.7. The third kappa shape index (κ3) is 3.62. The third-order valence-corrected chi connectivity index (χ3v) is 5.95. The molecule has 0 amide bonds. The van der Waals surface area contributed by atoms with Gasteiger partial charge >= 0.3 is 0 Å². The molecular formula is C22H22BrN5O2. The smallest absolute Gasteiger partial charge is 0.199 e. The lowest BCUT2D eigenvalue weighted by Crippen LogP contribution is -2.44. The molecule has 0 spiro atoms. The van der Waals surface area contributed by atoms with Crippen molar-refractivity contribution in [1.29, 1.82) is 0 Å². The molecule has 1 saturated heterocycles. The van der Waals surface area contributed by atoms with Crippen molar-refractivity contribution < 1.29 is 9.94 Å². The van der Waals surface area contributed by atoms with Crippen LogP contribution in [0.5, 0.6) is 5.88 Å². The van der Waals surface area contributed by atoms with Gasteiger partial charge in [-0.15, -0.1) is 0 Å². The summed E-state index contributed by atoms with van der Waals surface area (Å²) in [7, 11) is 0. The van der Waals surface area contributed by atoms with E-state index in [1.165, 1.54) is 0 Å². The average molecular weight is 468 g/mol. The standard InChI is InChI=1S/C22H22BrN5O2/c23-14-5-6-18-16(13-14)19(22(29)26-18)21-20(15-3-1-2-4-17(15)25-21)27-30-12-11-28-9-7-24-8-10-28/h1-6,13,24,26,29H,7-12H2. The number of hydrogen-bond acceptors (Lipinski definition) is 6. The summed E-state index contributed by atoms with van der Waals surface area (Å²) in [6.45, 7) is 5.39. The molecule has 0 saturated carbocycles. The monoisotopic (exact) mass is 467 g/mol. The van der Waals surface area contributed by atoms with Crippen LogP contribution in [0.1, 0.15) is 11.1 Å². The van der Waals surface area contributed by atoms with E-state index < -0.39 is 0 Å². The summed E-state index contributed by atoms with van der Waals surface area (Å²) < 4.78 is 0.928. The second kappa shape index (κ2) is 8.22. The molecule has 8 heteroatoms. The van der Waals surface area contributed by atoms with Crippen molar-refractivity contribution in [2.24, 2.45) is 10.1 Å². The van der Waals surface area contributed by atoms with Crippen LogP contribution in [0.3, 0.4) is 0 Å². The molecule has 154 valence electrons. The number of nitrogens with zero attached hydrogens (tertiary/aromatic N) is 3. The van der Waals surface area contributed by atoms with Gasteiger partial charge in [0.1, 0.15) is 18.0 Å². The predicted molar refractivity (Wildman–Crippen MR) is 122 cm³/mol. The number of halogens is 1. The highest BCUT2D eigenvalue weighted by atomic mass is 79.9. The molecule has 2 aliphatic heterocycles. The lowest BCUT2D eigenvalue weighted by Gasteiger charge is -2.26. The fraction of sp³-hybridized carbons (Fsp3) is 0.273. The van der Waals surface area contributed by atoms with E-state index in [-0.39, 0.29) is 5.88 Å². The number of H-pyrrole nitrogens is 1. The summed E-state index contributed by atoms with van der Waals surface area (Å²) in [6.07, 6.45) is 0. The van der Waals surface area contributed by atoms with Crippen LogP contribution in [0.25, 0.3) is 10.9 Å². The van der Waals surface area contributed by atoms with Crippen LogP contribution in [-0.4, -0.2) is 65.7 Å². The van der Waals surface area contributed by atoms with Crippen LogP contribution in [0, 0.1) is 0 Å². The maximum Gasteiger partial charge on any atom is 0.199 e. The Morgan fingerprint density at radius 3 is 2.87 bits per heavy atom. The molecule has 2 aromatic carbocycles. The minimum atomic E-state index is 0.0724. The summed E-state index contributed by atoms with van der Waals surface area (Å²) in [5.41, 5.74) is 4.44. The molecule has 0 unspecified atom stereocenters. The molecule has 1 fully saturated rings. The first-order valence-electron chi connectivity index (χ1n) is 10.0. The van der Waals surface area contributed by atoms with Gasteiger partial charge in [0, 0.05) is 53.7 Å². The van der Waals surface area contributed by atoms with Crippen molar-refractivity contribution in [2.75, 3.05) is 39.3 Å². The number of para-hydroxylation sites is 1. The number of fused-ring (bicyclic) bond motifs is 2. The number of oxime groups is 1. The number of nitrogens with one attached hydrogen (secondary N) is 2. The Labute approximate surface area is 182 Å². The highest BCUT2D eigenvalue weighted by molar-refractivity contribution is 9.10. The SMILES string of the molecule is Oc1[nH]c2ccc(Br)cc2c1C1=Nc2ccccc2C1=NOCCN1CCNCC1. The van der Waals surface area contributed by atoms with Gasteiger partial charge in [-0.05, 0) is 24.3 Å². The van der Waals surface area contributed by atoms with Crippen molar-refractivity contribution in [3.05, 3.63) is 58.1 Å². The van der Waals surface area contributed by atoms with Crippen molar-refractivity contribution in [3.8, 4) is 5.88 Å². The topological polar surface area (TPSA) is 85.2 Å². The molecule has 3 aromatic rings. The zero-order valence-corrected chi connectivity index (χ0v) is 17.9. The number of aromatic amines is 1. The largest absolute Gasteiger partial charge is 0.494 e. The normalized spacial score (nSPS) is 18.0. The summed E-state index contributed by atoms with van der Waals surface area (Å²) >= 11 is 3.52. The van der Waals surface area contributed by atoms with Crippen LogP contribution < -0.4 is 5.32 Å². The molecule has 2 aliphatic rings. The van der Waals surface area contributed by atoms with Gasteiger partial charge in [0.15, 0.2) is 5.88 Å². The molecule has 5 rings (SSSR count). The second-order valence-electron chi connectivity index (χ2n) is 7.38. The van der Waals surface area contributed by atoms with Gasteiger partial charge < -0.3 is 20.2 Å². The molecule has 3 N–H and O–H groups in total. The molecule has 0 aliphatic carbocycles. The minimum Gasteiger partial charge on any atom is -0.494 e. The van der Waals surface area contributed by atoms with Crippen molar-refractivity contribution in [3.63, 3.8) is 0 Å². The third-order valence-electron chi connectivity index (χ3n) is 5.46. The van der Waals surface area contributed by atoms with Gasteiger partial charge in [-0.1, -0.05) is 39.3 Å². The van der Waals surface area contributed by atoms with Gasteiger partial charge in [-0.3, -0.25) is 4.90 Å². The maximum absolute atomic E-state index is 10.7. The van der Waals surface area contributed by atoms with Gasteiger partial charge in [0.25, 0.3) is 0 Å². The molecule has 1 aromatic heterocycles. The summed E-state index contributed by atoms with van der Waals surface area (Å²) in [5, 5.41) is 19.4. The van der Waals surface area contributed by atoms with E-state index in [4.69, 9.17) is 9.83 Å². The number of aromatic nitrogens is 1. The van der Waals surface area contributed by atoms with Gasteiger partial charge in [-0.2, -0.15) is 0 Å². The van der Waals surface area contributed by atoms with Crippen molar-refractivity contribution in [2.45, 2.75) is 0 Å². The zero-order valence-electron chi connectivity index (χ0n) is 16.4. The quantitative estimate of drug-likeness (QED) is 0.396. The molecule has 30 heavy (non-hydrogen) atoms. The minimum absolute atomic E-state index is 0.0724. The van der Waals surface area contributed by atoms with Crippen LogP contribution in [-0.2, 0) is 4.84 Å². The number of piperazine rings is 1.